The highest BCUT2D eigenvalue weighted by molar-refractivity contribution is 6.31. The zero-order valence-electron chi connectivity index (χ0n) is 24.0. The number of rotatable bonds is 7. The van der Waals surface area contributed by atoms with Gasteiger partial charge >= 0.3 is 5.97 Å². The van der Waals surface area contributed by atoms with Crippen molar-refractivity contribution in [1.82, 2.24) is 4.90 Å². The molecule has 1 saturated carbocycles. The fourth-order valence-electron chi connectivity index (χ4n) is 7.80. The van der Waals surface area contributed by atoms with Crippen LogP contribution in [0.25, 0.3) is 0 Å². The van der Waals surface area contributed by atoms with E-state index in [1.165, 1.54) is 25.3 Å². The van der Waals surface area contributed by atoms with Crippen molar-refractivity contribution in [3.8, 4) is 11.5 Å². The van der Waals surface area contributed by atoms with Crippen LogP contribution in [0, 0.1) is 34.9 Å². The van der Waals surface area contributed by atoms with E-state index in [0.717, 1.165) is 15.9 Å². The number of likely N-dealkylation sites (tertiary alicyclic amines) is 1. The molecule has 230 valence electrons. The number of methoxy groups -OCH3 is 1. The number of amides is 4. The molecule has 3 fully saturated rings. The second kappa shape index (κ2) is 10.7. The number of allylic oxidation sites excluding steroid dienone is 2. The number of fused-ring (bicyclic) bond motifs is 4. The number of anilines is 1. The minimum atomic E-state index is -1.41. The lowest BCUT2D eigenvalue weighted by Gasteiger charge is -2.49. The molecule has 0 aromatic heterocycles. The maximum absolute atomic E-state index is 14.4. The molecular weight excluding hydrogens is 595 g/mol. The first-order chi connectivity index (χ1) is 20.9. The molecule has 2 heterocycles. The van der Waals surface area contributed by atoms with Crippen molar-refractivity contribution in [2.24, 2.45) is 29.1 Å². The van der Waals surface area contributed by atoms with Crippen LogP contribution in [0.2, 0.25) is 5.02 Å². The van der Waals surface area contributed by atoms with Gasteiger partial charge in [-0.3, -0.25) is 28.9 Å². The third-order valence-electron chi connectivity index (χ3n) is 9.85. The van der Waals surface area contributed by atoms with Gasteiger partial charge in [0.1, 0.15) is 17.3 Å². The second-order valence-electron chi connectivity index (χ2n) is 12.0. The van der Waals surface area contributed by atoms with Gasteiger partial charge in [-0.25, -0.2) is 9.29 Å². The Morgan fingerprint density at radius 3 is 2.50 bits per heavy atom. The summed E-state index contributed by atoms with van der Waals surface area (Å²) in [5, 5.41) is 20.0. The SMILES string of the molecule is COc1ccc([C@H]2C3=CC[C@@H]4C(=O)N(CCCC(=O)O)C(=O)[C@@H]4[C@@H]3C[C@H]3C(=O)N(c4ccc(F)c(Cl)c4)C(=O)[C@@]23C)c(O)c1. The first kappa shape index (κ1) is 29.8. The summed E-state index contributed by atoms with van der Waals surface area (Å²) in [6, 6.07) is 8.26. The van der Waals surface area contributed by atoms with E-state index in [1.54, 1.807) is 19.1 Å². The summed E-state index contributed by atoms with van der Waals surface area (Å²) >= 11 is 6.02. The third kappa shape index (κ3) is 4.31. The summed E-state index contributed by atoms with van der Waals surface area (Å²) in [4.78, 5) is 68.9. The van der Waals surface area contributed by atoms with Crippen LogP contribution >= 0.6 is 11.6 Å². The van der Waals surface area contributed by atoms with Gasteiger partial charge < -0.3 is 14.9 Å². The number of carbonyl (C=O) groups is 5. The zero-order valence-corrected chi connectivity index (χ0v) is 24.7. The predicted octanol–water partition coefficient (Wildman–Crippen LogP) is 4.29. The average Bonchev–Trinajstić information content (AvgIpc) is 3.34. The second-order valence-corrected chi connectivity index (χ2v) is 12.4. The van der Waals surface area contributed by atoms with Gasteiger partial charge in [0.25, 0.3) is 0 Å². The lowest BCUT2D eigenvalue weighted by atomic mass is 9.51. The topological polar surface area (TPSA) is 142 Å². The van der Waals surface area contributed by atoms with Crippen LogP contribution < -0.4 is 9.64 Å². The molecule has 0 bridgehead atoms. The highest BCUT2D eigenvalue weighted by atomic mass is 35.5. The van der Waals surface area contributed by atoms with Crippen LogP contribution in [0.5, 0.6) is 11.5 Å². The highest BCUT2D eigenvalue weighted by Gasteiger charge is 2.67. The molecule has 10 nitrogen and oxygen atoms in total. The first-order valence-electron chi connectivity index (χ1n) is 14.4. The number of aromatic hydroxyl groups is 1. The van der Waals surface area contributed by atoms with Crippen LogP contribution in [0.15, 0.2) is 48.0 Å². The molecule has 2 aliphatic carbocycles. The molecule has 4 amide bonds. The Bertz CT molecular complexity index is 1660. The summed E-state index contributed by atoms with van der Waals surface area (Å²) in [6.07, 6.45) is 2.07. The van der Waals surface area contributed by atoms with Crippen LogP contribution in [-0.2, 0) is 24.0 Å². The number of benzene rings is 2. The Kier molecular flexibility index (Phi) is 7.27. The van der Waals surface area contributed by atoms with E-state index in [1.807, 2.05) is 6.08 Å². The molecule has 0 unspecified atom stereocenters. The van der Waals surface area contributed by atoms with Gasteiger partial charge in [-0.05, 0) is 56.4 Å². The molecule has 12 heteroatoms. The number of halogens is 2. The minimum absolute atomic E-state index is 0.0284. The van der Waals surface area contributed by atoms with E-state index in [2.05, 4.69) is 0 Å². The maximum Gasteiger partial charge on any atom is 0.303 e. The van der Waals surface area contributed by atoms with Gasteiger partial charge in [-0.15, -0.1) is 0 Å². The largest absolute Gasteiger partial charge is 0.508 e. The van der Waals surface area contributed by atoms with Crippen LogP contribution in [0.3, 0.4) is 0 Å². The van der Waals surface area contributed by atoms with E-state index in [-0.39, 0.29) is 54.6 Å². The number of hydrogen-bond acceptors (Lipinski definition) is 7. The van der Waals surface area contributed by atoms with Gasteiger partial charge in [0.15, 0.2) is 0 Å². The van der Waals surface area contributed by atoms with E-state index >= 15 is 0 Å². The van der Waals surface area contributed by atoms with Crippen LogP contribution in [-0.4, -0.2) is 58.4 Å². The number of imide groups is 2. The quantitative estimate of drug-likeness (QED) is 0.343. The van der Waals surface area contributed by atoms with Crippen molar-refractivity contribution in [2.75, 3.05) is 18.6 Å². The normalized spacial score (nSPS) is 29.4. The number of aliphatic carboxylic acids is 1. The average molecular weight is 625 g/mol. The van der Waals surface area contributed by atoms with Crippen LogP contribution in [0.1, 0.15) is 44.1 Å². The van der Waals surface area contributed by atoms with E-state index in [9.17, 15) is 33.5 Å². The summed E-state index contributed by atoms with van der Waals surface area (Å²) in [5.74, 6) is -7.33. The van der Waals surface area contributed by atoms with Crippen molar-refractivity contribution < 1.29 is 43.3 Å². The number of phenols is 1. The Morgan fingerprint density at radius 2 is 1.84 bits per heavy atom. The predicted molar refractivity (Wildman–Crippen MR) is 154 cm³/mol. The lowest BCUT2D eigenvalue weighted by molar-refractivity contribution is -0.142. The van der Waals surface area contributed by atoms with Crippen molar-refractivity contribution in [3.63, 3.8) is 0 Å². The lowest BCUT2D eigenvalue weighted by Crippen LogP contribution is -2.48. The van der Waals surface area contributed by atoms with Gasteiger partial charge in [0.2, 0.25) is 23.6 Å². The third-order valence-corrected chi connectivity index (χ3v) is 10.1. The molecule has 6 atom stereocenters. The molecule has 0 spiro atoms. The monoisotopic (exact) mass is 624 g/mol. The number of carbonyl (C=O) groups excluding carboxylic acids is 4. The number of hydrogen-bond donors (Lipinski definition) is 2. The van der Waals surface area contributed by atoms with Gasteiger partial charge in [-0.1, -0.05) is 29.3 Å². The van der Waals surface area contributed by atoms with Crippen molar-refractivity contribution in [3.05, 3.63) is 64.5 Å². The van der Waals surface area contributed by atoms with Crippen molar-refractivity contribution >= 4 is 46.9 Å². The fourth-order valence-corrected chi connectivity index (χ4v) is 7.97. The summed E-state index contributed by atoms with van der Waals surface area (Å²) in [7, 11) is 1.45. The van der Waals surface area contributed by atoms with Crippen molar-refractivity contribution in [1.29, 1.82) is 0 Å². The Morgan fingerprint density at radius 1 is 1.09 bits per heavy atom. The fraction of sp³-hybridized carbons (Fsp3) is 0.406. The molecule has 44 heavy (non-hydrogen) atoms. The summed E-state index contributed by atoms with van der Waals surface area (Å²) in [5.41, 5.74) is -0.264. The standard InChI is InChI=1S/C32H30ClFN2O8/c1-32-21(29(41)36(31(32)43)15-5-10-23(34)22(33)12-15)14-20-17(27(32)18-7-6-16(44-2)13-24(18)37)8-9-19-26(20)30(42)35(28(19)40)11-3-4-25(38)39/h5-8,10,12-13,19-21,26-27,37H,3-4,9,11,14H2,1-2H3,(H,38,39)/t19-,20+,21-,26-,27+,32+/m0/s1. The minimum Gasteiger partial charge on any atom is -0.508 e. The number of ether oxygens (including phenoxy) is 1. The Balaban J connectivity index is 1.46. The molecule has 2 aromatic rings. The molecular formula is C32H30ClFN2O8. The van der Waals surface area contributed by atoms with Crippen LogP contribution in [0.4, 0.5) is 10.1 Å². The molecule has 4 aliphatic rings. The molecule has 2 aromatic carbocycles. The van der Waals surface area contributed by atoms with Crippen molar-refractivity contribution in [2.45, 2.75) is 38.5 Å². The highest BCUT2D eigenvalue weighted by Crippen LogP contribution is 2.64. The summed E-state index contributed by atoms with van der Waals surface area (Å²) in [6.45, 7) is 1.64. The van der Waals surface area contributed by atoms with E-state index in [4.69, 9.17) is 21.4 Å². The van der Waals surface area contributed by atoms with E-state index < -0.39 is 64.5 Å². The Hall–Kier alpha value is -4.25. The van der Waals surface area contributed by atoms with Gasteiger partial charge in [0.05, 0.1) is 41.0 Å². The molecule has 2 saturated heterocycles. The molecule has 6 rings (SSSR count). The number of phenolic OH excluding ortho intramolecular Hbond substituents is 1. The number of carboxylic acid groups (broad SMARTS) is 1. The molecule has 0 radical (unpaired) electrons. The Labute approximate surface area is 257 Å². The number of carboxylic acids is 1. The van der Waals surface area contributed by atoms with E-state index in [0.29, 0.717) is 16.9 Å². The van der Waals surface area contributed by atoms with Gasteiger partial charge in [0, 0.05) is 30.5 Å². The zero-order chi connectivity index (χ0) is 31.7. The summed E-state index contributed by atoms with van der Waals surface area (Å²) < 4.78 is 19.3. The maximum atomic E-state index is 14.4. The van der Waals surface area contributed by atoms with Gasteiger partial charge in [-0.2, -0.15) is 0 Å². The first-order valence-corrected chi connectivity index (χ1v) is 14.7. The number of nitrogens with zero attached hydrogens (tertiary/aromatic N) is 2. The molecule has 2 aliphatic heterocycles. The molecule has 2 N–H and O–H groups in total. The smallest absolute Gasteiger partial charge is 0.303 e.